The van der Waals surface area contributed by atoms with E-state index in [4.69, 9.17) is 9.15 Å². The van der Waals surface area contributed by atoms with Gasteiger partial charge in [-0.2, -0.15) is 5.10 Å². The van der Waals surface area contributed by atoms with Crippen molar-refractivity contribution < 1.29 is 13.9 Å². The number of furan rings is 1. The number of aromatic nitrogens is 2. The summed E-state index contributed by atoms with van der Waals surface area (Å²) in [5.74, 6) is 1.11. The molecule has 2 N–H and O–H groups in total. The molecule has 3 rings (SSSR count). The first-order valence-electron chi connectivity index (χ1n) is 7.73. The lowest BCUT2D eigenvalue weighted by Gasteiger charge is -2.09. The fraction of sp³-hybridized carbons (Fsp3) is 0.500. The van der Waals surface area contributed by atoms with Gasteiger partial charge in [-0.25, -0.2) is 0 Å². The summed E-state index contributed by atoms with van der Waals surface area (Å²) < 4.78 is 11.1. The fourth-order valence-corrected chi connectivity index (χ4v) is 2.86. The number of H-pyrrole nitrogens is 1. The van der Waals surface area contributed by atoms with Gasteiger partial charge in [0, 0.05) is 37.3 Å². The van der Waals surface area contributed by atoms with E-state index in [1.807, 2.05) is 20.0 Å². The molecule has 0 aromatic carbocycles. The van der Waals surface area contributed by atoms with Gasteiger partial charge in [-0.1, -0.05) is 0 Å². The number of carbonyl (C=O) groups excluding carboxylic acids is 1. The second-order valence-corrected chi connectivity index (χ2v) is 5.43. The summed E-state index contributed by atoms with van der Waals surface area (Å²) in [6.07, 6.45) is 4.34. The minimum atomic E-state index is -0.163. The van der Waals surface area contributed by atoms with Crippen LogP contribution in [-0.4, -0.2) is 35.9 Å². The van der Waals surface area contributed by atoms with Crippen LogP contribution in [0.25, 0.3) is 11.3 Å². The molecule has 1 aliphatic carbocycles. The maximum absolute atomic E-state index is 12.3. The predicted octanol–water partition coefficient (Wildman–Crippen LogP) is 2.23. The zero-order valence-electron chi connectivity index (χ0n) is 13.0. The summed E-state index contributed by atoms with van der Waals surface area (Å²) >= 11 is 0. The molecular weight excluding hydrogens is 282 g/mol. The Morgan fingerprint density at radius 1 is 1.50 bits per heavy atom. The Balaban J connectivity index is 1.73. The highest BCUT2D eigenvalue weighted by Crippen LogP contribution is 2.37. The molecule has 1 amide bonds. The van der Waals surface area contributed by atoms with Gasteiger partial charge in [0.05, 0.1) is 11.9 Å². The third kappa shape index (κ3) is 2.66. The van der Waals surface area contributed by atoms with Crippen molar-refractivity contribution in [3.05, 3.63) is 28.8 Å². The van der Waals surface area contributed by atoms with Gasteiger partial charge in [0.1, 0.15) is 5.76 Å². The summed E-state index contributed by atoms with van der Waals surface area (Å²) in [5.41, 5.74) is 4.04. The summed E-state index contributed by atoms with van der Waals surface area (Å²) in [6.45, 7) is 5.82. The molecule has 0 unspecified atom stereocenters. The lowest BCUT2D eigenvalue weighted by molar-refractivity contribution is 0.0914. The molecule has 0 saturated carbocycles. The van der Waals surface area contributed by atoms with E-state index in [1.54, 1.807) is 0 Å². The van der Waals surface area contributed by atoms with Gasteiger partial charge < -0.3 is 14.5 Å². The third-order valence-electron chi connectivity index (χ3n) is 3.97. The number of ether oxygens (including phenoxy) is 1. The fourth-order valence-electron chi connectivity index (χ4n) is 2.86. The van der Waals surface area contributed by atoms with Crippen molar-refractivity contribution in [1.29, 1.82) is 0 Å². The van der Waals surface area contributed by atoms with Crippen LogP contribution in [0.1, 0.15) is 40.8 Å². The largest absolute Gasteiger partial charge is 0.455 e. The number of nitrogens with zero attached hydrogens (tertiary/aromatic N) is 1. The number of hydrogen-bond acceptors (Lipinski definition) is 4. The third-order valence-corrected chi connectivity index (χ3v) is 3.97. The normalized spacial score (nSPS) is 12.8. The summed E-state index contributed by atoms with van der Waals surface area (Å²) in [5, 5.41) is 10.00. The minimum absolute atomic E-state index is 0.163. The molecule has 1 aliphatic rings. The maximum atomic E-state index is 12.3. The van der Waals surface area contributed by atoms with Crippen LogP contribution in [0.5, 0.6) is 0 Å². The molecule has 6 nitrogen and oxygen atoms in total. The van der Waals surface area contributed by atoms with Crippen molar-refractivity contribution in [2.75, 3.05) is 19.8 Å². The predicted molar refractivity (Wildman–Crippen MR) is 81.9 cm³/mol. The average Bonchev–Trinajstić information content (AvgIpc) is 3.11. The van der Waals surface area contributed by atoms with Crippen molar-refractivity contribution in [2.24, 2.45) is 0 Å². The van der Waals surface area contributed by atoms with E-state index in [9.17, 15) is 4.79 Å². The molecule has 0 bridgehead atoms. The number of fused-ring (bicyclic) bond motifs is 3. The topological polar surface area (TPSA) is 80.1 Å². The Labute approximate surface area is 129 Å². The van der Waals surface area contributed by atoms with Gasteiger partial charge in [-0.05, 0) is 32.3 Å². The number of rotatable bonds is 6. The maximum Gasteiger partial charge on any atom is 0.287 e. The van der Waals surface area contributed by atoms with Crippen LogP contribution in [0, 0.1) is 6.92 Å². The Morgan fingerprint density at radius 2 is 2.36 bits per heavy atom. The van der Waals surface area contributed by atoms with E-state index < -0.39 is 0 Å². The van der Waals surface area contributed by atoms with Crippen LogP contribution in [0.2, 0.25) is 0 Å². The van der Waals surface area contributed by atoms with Crippen LogP contribution in [0.3, 0.4) is 0 Å². The molecule has 0 saturated heterocycles. The van der Waals surface area contributed by atoms with E-state index in [1.165, 1.54) is 5.56 Å². The standard InChI is InChI=1S/C16H21N3O3/c1-3-21-8-4-7-17-16(20)15-10(2)13-12(22-15)6-5-11-9-18-19-14(11)13/h9H,3-8H2,1-2H3,(H,17,20)(H,18,19). The summed E-state index contributed by atoms with van der Waals surface area (Å²) in [4.78, 5) is 12.3. The first-order valence-corrected chi connectivity index (χ1v) is 7.73. The molecule has 0 aliphatic heterocycles. The van der Waals surface area contributed by atoms with Gasteiger partial charge in [-0.3, -0.25) is 9.89 Å². The quantitative estimate of drug-likeness (QED) is 0.802. The van der Waals surface area contributed by atoms with Crippen molar-refractivity contribution >= 4 is 5.91 Å². The zero-order chi connectivity index (χ0) is 15.5. The second-order valence-electron chi connectivity index (χ2n) is 5.43. The van der Waals surface area contributed by atoms with Crippen LogP contribution >= 0.6 is 0 Å². The number of amides is 1. The SMILES string of the molecule is CCOCCCNC(=O)c1oc2c(c1C)-c1[nH]ncc1CC2. The van der Waals surface area contributed by atoms with Gasteiger partial charge in [0.2, 0.25) is 0 Å². The van der Waals surface area contributed by atoms with E-state index in [-0.39, 0.29) is 5.91 Å². The highest BCUT2D eigenvalue weighted by Gasteiger charge is 2.28. The Kier molecular flexibility index (Phi) is 4.29. The van der Waals surface area contributed by atoms with Gasteiger partial charge in [-0.15, -0.1) is 0 Å². The Hall–Kier alpha value is -2.08. The van der Waals surface area contributed by atoms with Crippen molar-refractivity contribution in [3.8, 4) is 11.3 Å². The van der Waals surface area contributed by atoms with Crippen molar-refractivity contribution in [3.63, 3.8) is 0 Å². The molecule has 2 aromatic heterocycles. The zero-order valence-corrected chi connectivity index (χ0v) is 13.0. The molecule has 2 aromatic rings. The number of nitrogens with one attached hydrogen (secondary N) is 2. The molecule has 22 heavy (non-hydrogen) atoms. The van der Waals surface area contributed by atoms with Crippen molar-refractivity contribution in [1.82, 2.24) is 15.5 Å². The molecule has 6 heteroatoms. The van der Waals surface area contributed by atoms with Crippen LogP contribution in [0.4, 0.5) is 0 Å². The van der Waals surface area contributed by atoms with Crippen LogP contribution < -0.4 is 5.32 Å². The van der Waals surface area contributed by atoms with E-state index in [0.717, 1.165) is 41.8 Å². The van der Waals surface area contributed by atoms with E-state index in [2.05, 4.69) is 15.5 Å². The highest BCUT2D eigenvalue weighted by atomic mass is 16.5. The Bertz CT molecular complexity index is 672. The first kappa shape index (κ1) is 14.8. The molecule has 0 spiro atoms. The summed E-state index contributed by atoms with van der Waals surface area (Å²) in [6, 6.07) is 0. The van der Waals surface area contributed by atoms with Crippen LogP contribution in [-0.2, 0) is 17.6 Å². The molecular formula is C16H21N3O3. The van der Waals surface area contributed by atoms with Gasteiger partial charge in [0.25, 0.3) is 5.91 Å². The second kappa shape index (κ2) is 6.36. The minimum Gasteiger partial charge on any atom is -0.455 e. The van der Waals surface area contributed by atoms with E-state index in [0.29, 0.717) is 25.5 Å². The molecule has 0 atom stereocenters. The molecule has 0 radical (unpaired) electrons. The van der Waals surface area contributed by atoms with E-state index >= 15 is 0 Å². The number of hydrogen-bond donors (Lipinski definition) is 2. The monoisotopic (exact) mass is 303 g/mol. The number of aromatic amines is 1. The van der Waals surface area contributed by atoms with Crippen LogP contribution in [0.15, 0.2) is 10.6 Å². The molecule has 118 valence electrons. The van der Waals surface area contributed by atoms with Gasteiger partial charge >= 0.3 is 0 Å². The number of carbonyl (C=O) groups is 1. The summed E-state index contributed by atoms with van der Waals surface area (Å²) in [7, 11) is 0. The molecule has 2 heterocycles. The lowest BCUT2D eigenvalue weighted by Crippen LogP contribution is -2.25. The first-order chi connectivity index (χ1) is 10.7. The Morgan fingerprint density at radius 3 is 3.18 bits per heavy atom. The smallest absolute Gasteiger partial charge is 0.287 e. The van der Waals surface area contributed by atoms with Gasteiger partial charge in [0.15, 0.2) is 5.76 Å². The number of aryl methyl sites for hydroxylation is 2. The molecule has 0 fully saturated rings. The average molecular weight is 303 g/mol. The highest BCUT2D eigenvalue weighted by molar-refractivity contribution is 5.95. The van der Waals surface area contributed by atoms with Crippen molar-refractivity contribution in [2.45, 2.75) is 33.1 Å². The lowest BCUT2D eigenvalue weighted by atomic mass is 9.93.